The number of likely N-dealkylation sites (N-methyl/N-ethyl adjacent to an activating group) is 1. The normalized spacial score (nSPS) is 12.4. The van der Waals surface area contributed by atoms with Gasteiger partial charge in [0.05, 0.1) is 9.77 Å². The van der Waals surface area contributed by atoms with Gasteiger partial charge in [-0.2, -0.15) is 0 Å². The summed E-state index contributed by atoms with van der Waals surface area (Å²) in [4.78, 5) is 11.3. The third-order valence-corrected chi connectivity index (χ3v) is 6.69. The van der Waals surface area contributed by atoms with Crippen LogP contribution in [0.1, 0.15) is 17.4 Å². The van der Waals surface area contributed by atoms with Gasteiger partial charge in [-0.05, 0) is 30.2 Å². The van der Waals surface area contributed by atoms with E-state index in [2.05, 4.69) is 5.16 Å². The number of carbonyl (C=O) groups is 1. The first-order valence-corrected chi connectivity index (χ1v) is 10.2. The van der Waals surface area contributed by atoms with Crippen molar-refractivity contribution in [3.05, 3.63) is 52.0 Å². The van der Waals surface area contributed by atoms with Crippen LogP contribution in [0, 0.1) is 5.82 Å². The van der Waals surface area contributed by atoms with Crippen LogP contribution in [0.5, 0.6) is 0 Å². The van der Waals surface area contributed by atoms with E-state index in [0.717, 1.165) is 16.9 Å². The van der Waals surface area contributed by atoms with Crippen molar-refractivity contribution in [1.82, 2.24) is 4.31 Å². The fourth-order valence-electron chi connectivity index (χ4n) is 2.16. The van der Waals surface area contributed by atoms with Crippen LogP contribution >= 0.6 is 11.3 Å². The Balaban J connectivity index is 2.08. The molecule has 1 aromatic carbocycles. The Morgan fingerprint density at radius 3 is 2.59 bits per heavy atom. The van der Waals surface area contributed by atoms with Gasteiger partial charge in [0.2, 0.25) is 10.0 Å². The quantitative estimate of drug-likeness (QED) is 0.310. The minimum Gasteiger partial charge on any atom is -0.459 e. The lowest BCUT2D eigenvalue weighted by Gasteiger charge is -2.16. The first kappa shape index (κ1) is 21.0. The Bertz CT molecular complexity index is 923. The largest absolute Gasteiger partial charge is 0.459 e. The molecule has 0 radical (unpaired) electrons. The molecule has 0 saturated carbocycles. The number of carbonyl (C=O) groups excluding carboxylic acids is 1. The molecule has 0 amide bonds. The summed E-state index contributed by atoms with van der Waals surface area (Å²) in [6, 6.07) is 7.24. The molecule has 27 heavy (non-hydrogen) atoms. The summed E-state index contributed by atoms with van der Waals surface area (Å²) in [6.45, 7) is 1.18. The lowest BCUT2D eigenvalue weighted by atomic mass is 10.1. The molecular formula is C17H19FN2O5S2. The molecule has 7 nitrogen and oxygen atoms in total. The number of sulfonamides is 1. The van der Waals surface area contributed by atoms with Gasteiger partial charge in [0.15, 0.2) is 0 Å². The molecule has 0 fully saturated rings. The van der Waals surface area contributed by atoms with Crippen LogP contribution in [0.25, 0.3) is 0 Å². The fraction of sp³-hybridized carbons (Fsp3) is 0.294. The Kier molecular flexibility index (Phi) is 7.05. The minimum absolute atomic E-state index is 0.0491. The first-order valence-electron chi connectivity index (χ1n) is 7.88. The zero-order valence-corrected chi connectivity index (χ0v) is 16.4. The number of hydrogen-bond donors (Lipinski definition) is 1. The highest BCUT2D eigenvalue weighted by molar-refractivity contribution is 7.89. The minimum atomic E-state index is -3.74. The number of oxime groups is 1. The highest BCUT2D eigenvalue weighted by atomic mass is 32.2. The standard InChI is InChI=1S/C17H19FN2O5S2/c1-12(21)25-10-16(19-22)17-9-15(11-26-17)27(23,24)20(2)8-7-13-3-5-14(18)6-4-13/h3-6,9,11,22H,7-8,10H2,1-2H3. The molecule has 0 aliphatic heterocycles. The Morgan fingerprint density at radius 1 is 1.33 bits per heavy atom. The summed E-state index contributed by atoms with van der Waals surface area (Å²) in [5, 5.41) is 13.6. The van der Waals surface area contributed by atoms with Gasteiger partial charge in [0.1, 0.15) is 18.1 Å². The number of thiophene rings is 1. The third-order valence-electron chi connectivity index (χ3n) is 3.73. The Labute approximate surface area is 160 Å². The molecule has 0 bridgehead atoms. The van der Waals surface area contributed by atoms with Crippen molar-refractivity contribution < 1.29 is 27.5 Å². The van der Waals surface area contributed by atoms with E-state index in [0.29, 0.717) is 11.3 Å². The average molecular weight is 414 g/mol. The fourth-order valence-corrected chi connectivity index (χ4v) is 4.57. The SMILES string of the molecule is CC(=O)OCC(=NO)c1cc(S(=O)(=O)N(C)CCc2ccc(F)cc2)cs1. The molecule has 0 aliphatic carbocycles. The van der Waals surface area contributed by atoms with Crippen LogP contribution in [0.2, 0.25) is 0 Å². The summed E-state index contributed by atoms with van der Waals surface area (Å²) in [6.07, 6.45) is 0.433. The number of benzene rings is 1. The van der Waals surface area contributed by atoms with Crippen molar-refractivity contribution >= 4 is 33.0 Å². The van der Waals surface area contributed by atoms with Crippen molar-refractivity contribution in [2.24, 2.45) is 5.16 Å². The number of nitrogens with zero attached hydrogens (tertiary/aromatic N) is 2. The lowest BCUT2D eigenvalue weighted by molar-refractivity contribution is -0.139. The van der Waals surface area contributed by atoms with Gasteiger partial charge < -0.3 is 9.94 Å². The predicted octanol–water partition coefficient (Wildman–Crippen LogP) is 2.49. The number of rotatable bonds is 8. The molecule has 0 atom stereocenters. The maximum atomic E-state index is 12.9. The molecule has 0 unspecified atom stereocenters. The van der Waals surface area contributed by atoms with E-state index >= 15 is 0 Å². The van der Waals surface area contributed by atoms with Crippen molar-refractivity contribution in [2.75, 3.05) is 20.2 Å². The Hall–Kier alpha value is -2.30. The Morgan fingerprint density at radius 2 is 2.00 bits per heavy atom. The van der Waals surface area contributed by atoms with E-state index < -0.39 is 16.0 Å². The zero-order valence-electron chi connectivity index (χ0n) is 14.8. The molecule has 10 heteroatoms. The van der Waals surface area contributed by atoms with Gasteiger partial charge in [-0.15, -0.1) is 11.3 Å². The van der Waals surface area contributed by atoms with Gasteiger partial charge in [-0.25, -0.2) is 17.1 Å². The van der Waals surface area contributed by atoms with E-state index in [9.17, 15) is 17.6 Å². The van der Waals surface area contributed by atoms with E-state index in [-0.39, 0.29) is 29.6 Å². The second kappa shape index (κ2) is 9.07. The lowest BCUT2D eigenvalue weighted by Crippen LogP contribution is -2.28. The molecule has 2 aromatic rings. The van der Waals surface area contributed by atoms with Crippen LogP contribution in [-0.4, -0.2) is 49.8 Å². The van der Waals surface area contributed by atoms with Crippen LogP contribution in [0.15, 0.2) is 45.8 Å². The molecule has 0 spiro atoms. The number of halogens is 1. The maximum absolute atomic E-state index is 12.9. The van der Waals surface area contributed by atoms with Gasteiger partial charge in [-0.3, -0.25) is 4.79 Å². The van der Waals surface area contributed by atoms with E-state index in [4.69, 9.17) is 9.94 Å². The average Bonchev–Trinajstić information content (AvgIpc) is 3.12. The van der Waals surface area contributed by atoms with Crippen LogP contribution in [0.4, 0.5) is 4.39 Å². The first-order chi connectivity index (χ1) is 12.7. The predicted molar refractivity (Wildman–Crippen MR) is 99.2 cm³/mol. The molecule has 1 N–H and O–H groups in total. The third kappa shape index (κ3) is 5.59. The highest BCUT2D eigenvalue weighted by Gasteiger charge is 2.23. The zero-order chi connectivity index (χ0) is 20.0. The van der Waals surface area contributed by atoms with Gasteiger partial charge in [0, 0.05) is 25.9 Å². The highest BCUT2D eigenvalue weighted by Crippen LogP contribution is 2.23. The molecule has 2 rings (SSSR count). The van der Waals surface area contributed by atoms with Gasteiger partial charge >= 0.3 is 5.97 Å². The van der Waals surface area contributed by atoms with E-state index in [1.807, 2.05) is 0 Å². The van der Waals surface area contributed by atoms with E-state index in [1.54, 1.807) is 12.1 Å². The maximum Gasteiger partial charge on any atom is 0.303 e. The van der Waals surface area contributed by atoms with Crippen molar-refractivity contribution in [1.29, 1.82) is 0 Å². The molecular weight excluding hydrogens is 395 g/mol. The van der Waals surface area contributed by atoms with Crippen molar-refractivity contribution in [3.8, 4) is 0 Å². The number of ether oxygens (including phenoxy) is 1. The second-order valence-corrected chi connectivity index (χ2v) is 8.63. The topological polar surface area (TPSA) is 96.3 Å². The van der Waals surface area contributed by atoms with E-state index in [1.165, 1.54) is 41.9 Å². The molecule has 0 aliphatic rings. The second-order valence-electron chi connectivity index (χ2n) is 5.68. The smallest absolute Gasteiger partial charge is 0.303 e. The van der Waals surface area contributed by atoms with Gasteiger partial charge in [-0.1, -0.05) is 17.3 Å². The number of hydrogen-bond acceptors (Lipinski definition) is 7. The van der Waals surface area contributed by atoms with Crippen molar-refractivity contribution in [3.63, 3.8) is 0 Å². The molecule has 0 saturated heterocycles. The van der Waals surface area contributed by atoms with Crippen LogP contribution in [0.3, 0.4) is 0 Å². The van der Waals surface area contributed by atoms with Gasteiger partial charge in [0.25, 0.3) is 0 Å². The summed E-state index contributed by atoms with van der Waals surface area (Å²) >= 11 is 1.06. The summed E-state index contributed by atoms with van der Waals surface area (Å²) < 4.78 is 44.3. The monoisotopic (exact) mass is 414 g/mol. The molecule has 1 heterocycles. The molecule has 1 aromatic heterocycles. The summed E-state index contributed by atoms with van der Waals surface area (Å²) in [7, 11) is -2.29. The van der Waals surface area contributed by atoms with Crippen molar-refractivity contribution in [2.45, 2.75) is 18.2 Å². The van der Waals surface area contributed by atoms with Crippen LogP contribution < -0.4 is 0 Å². The summed E-state index contributed by atoms with van der Waals surface area (Å²) in [5.41, 5.74) is 0.881. The van der Waals surface area contributed by atoms with Crippen LogP contribution in [-0.2, 0) is 26.0 Å². The number of esters is 1. The summed E-state index contributed by atoms with van der Waals surface area (Å²) in [5.74, 6) is -0.887. The molecule has 146 valence electrons.